The van der Waals surface area contributed by atoms with Crippen molar-refractivity contribution in [3.63, 3.8) is 0 Å². The average Bonchev–Trinajstić information content (AvgIpc) is 3.72. The molecule has 11 aromatic rings. The van der Waals surface area contributed by atoms with Crippen molar-refractivity contribution in [1.29, 1.82) is 0 Å². The van der Waals surface area contributed by atoms with E-state index in [0.29, 0.717) is 5.95 Å². The van der Waals surface area contributed by atoms with E-state index in [0.717, 1.165) is 76.9 Å². The monoisotopic (exact) mass is 611 g/mol. The molecule has 0 aliphatic carbocycles. The van der Waals surface area contributed by atoms with Crippen LogP contribution in [0, 0.1) is 0 Å². The molecule has 0 spiro atoms. The van der Waals surface area contributed by atoms with Crippen LogP contribution in [0.4, 0.5) is 0 Å². The first-order chi connectivity index (χ1) is 23.8. The third-order valence-electron chi connectivity index (χ3n) is 9.89. The number of nitrogens with zero attached hydrogens (tertiary/aromatic N) is 5. The van der Waals surface area contributed by atoms with Crippen LogP contribution in [0.5, 0.6) is 0 Å². The van der Waals surface area contributed by atoms with Crippen molar-refractivity contribution in [1.82, 2.24) is 23.9 Å². The summed E-state index contributed by atoms with van der Waals surface area (Å²) in [5.41, 5.74) is 9.25. The summed E-state index contributed by atoms with van der Waals surface area (Å²) in [6.07, 6.45) is 0. The number of hydrogen-bond donors (Lipinski definition) is 0. The van der Waals surface area contributed by atoms with Gasteiger partial charge in [-0.15, -0.1) is 0 Å². The minimum absolute atomic E-state index is 0.651. The molecule has 0 saturated heterocycles. The fourth-order valence-electron chi connectivity index (χ4n) is 7.83. The molecule has 0 radical (unpaired) electrons. The van der Waals surface area contributed by atoms with Gasteiger partial charge in [-0.3, -0.25) is 8.97 Å². The van der Waals surface area contributed by atoms with E-state index in [-0.39, 0.29) is 0 Å². The number of benzene rings is 7. The van der Waals surface area contributed by atoms with E-state index in [4.69, 9.17) is 15.0 Å². The zero-order valence-corrected chi connectivity index (χ0v) is 25.7. The minimum Gasteiger partial charge on any atom is -0.292 e. The lowest BCUT2D eigenvalue weighted by atomic mass is 10.0. The number of imidazole rings is 1. The van der Waals surface area contributed by atoms with E-state index in [9.17, 15) is 0 Å². The maximum absolute atomic E-state index is 5.40. The SMILES string of the molecule is c1ccc(-c2nc(-n3c4ccccc4c4ccc5c(ccc6c5nc5c7ccccc7c7ccccc7n65)c43)nc3ccccc23)cc1. The standard InChI is InChI=1S/C43H25N5/c1-2-12-26(13-3-1)39-34-18-6-9-19-35(34)44-43(46-39)48-37-21-11-8-16-29(37)31-23-22-30-32(41(31)48)24-25-38-40(30)45-42-33-17-5-4-14-27(33)28-15-7-10-20-36(28)47(38)42/h1-25H. The number of fused-ring (bicyclic) bond motifs is 15. The number of para-hydroxylation sites is 3. The molecule has 5 nitrogen and oxygen atoms in total. The van der Waals surface area contributed by atoms with E-state index in [1.807, 2.05) is 12.1 Å². The Morgan fingerprint density at radius 2 is 0.979 bits per heavy atom. The number of aromatic nitrogens is 5. The van der Waals surface area contributed by atoms with Gasteiger partial charge in [0.15, 0.2) is 0 Å². The van der Waals surface area contributed by atoms with E-state index < -0.39 is 0 Å². The molecule has 0 atom stereocenters. The van der Waals surface area contributed by atoms with Crippen molar-refractivity contribution in [3.8, 4) is 17.2 Å². The van der Waals surface area contributed by atoms with Gasteiger partial charge in [0.1, 0.15) is 5.65 Å². The fourth-order valence-corrected chi connectivity index (χ4v) is 7.83. The smallest absolute Gasteiger partial charge is 0.235 e. The van der Waals surface area contributed by atoms with Crippen LogP contribution in [0.25, 0.3) is 99.0 Å². The number of pyridine rings is 1. The first kappa shape index (κ1) is 25.6. The third kappa shape index (κ3) is 3.37. The molecule has 0 fully saturated rings. The minimum atomic E-state index is 0.651. The lowest BCUT2D eigenvalue weighted by Gasteiger charge is -2.12. The predicted octanol–water partition coefficient (Wildman–Crippen LogP) is 10.7. The van der Waals surface area contributed by atoms with Crippen LogP contribution in [0.2, 0.25) is 0 Å². The van der Waals surface area contributed by atoms with Crippen LogP contribution in [-0.4, -0.2) is 23.9 Å². The Kier molecular flexibility index (Phi) is 5.05. The highest BCUT2D eigenvalue weighted by Gasteiger charge is 2.21. The number of rotatable bonds is 2. The molecule has 0 unspecified atom stereocenters. The van der Waals surface area contributed by atoms with Gasteiger partial charge in [-0.05, 0) is 29.7 Å². The molecule has 222 valence electrons. The second-order valence-corrected chi connectivity index (χ2v) is 12.4. The molecule has 5 heteroatoms. The molecule has 0 aliphatic rings. The Morgan fingerprint density at radius 3 is 1.81 bits per heavy atom. The topological polar surface area (TPSA) is 48.0 Å². The summed E-state index contributed by atoms with van der Waals surface area (Å²) in [5.74, 6) is 0.651. The van der Waals surface area contributed by atoms with Crippen LogP contribution in [-0.2, 0) is 0 Å². The molecule has 0 amide bonds. The highest BCUT2D eigenvalue weighted by Crippen LogP contribution is 2.40. The van der Waals surface area contributed by atoms with E-state index >= 15 is 0 Å². The molecule has 0 saturated carbocycles. The molecule has 48 heavy (non-hydrogen) atoms. The van der Waals surface area contributed by atoms with Gasteiger partial charge < -0.3 is 0 Å². The average molecular weight is 612 g/mol. The highest BCUT2D eigenvalue weighted by atomic mass is 15.2. The molecular weight excluding hydrogens is 587 g/mol. The predicted molar refractivity (Wildman–Crippen MR) is 198 cm³/mol. The largest absolute Gasteiger partial charge is 0.292 e. The second-order valence-electron chi connectivity index (χ2n) is 12.4. The summed E-state index contributed by atoms with van der Waals surface area (Å²) in [4.78, 5) is 15.9. The van der Waals surface area contributed by atoms with Crippen LogP contribution >= 0.6 is 0 Å². The van der Waals surface area contributed by atoms with Crippen molar-refractivity contribution in [3.05, 3.63) is 152 Å². The molecule has 7 aromatic carbocycles. The number of hydrogen-bond acceptors (Lipinski definition) is 3. The van der Waals surface area contributed by atoms with E-state index in [1.165, 1.54) is 16.2 Å². The van der Waals surface area contributed by atoms with Gasteiger partial charge in [0.2, 0.25) is 5.95 Å². The van der Waals surface area contributed by atoms with Crippen molar-refractivity contribution in [2.45, 2.75) is 0 Å². The van der Waals surface area contributed by atoms with Gasteiger partial charge in [0.25, 0.3) is 0 Å². The maximum atomic E-state index is 5.40. The maximum Gasteiger partial charge on any atom is 0.235 e. The molecule has 0 N–H and O–H groups in total. The highest BCUT2D eigenvalue weighted by molar-refractivity contribution is 6.23. The quantitative estimate of drug-likeness (QED) is 0.183. The molecular formula is C43H25N5. The molecule has 4 heterocycles. The Labute approximate surface area is 274 Å². The summed E-state index contributed by atoms with van der Waals surface area (Å²) >= 11 is 0. The summed E-state index contributed by atoms with van der Waals surface area (Å²) in [7, 11) is 0. The van der Waals surface area contributed by atoms with Crippen molar-refractivity contribution in [2.24, 2.45) is 0 Å². The third-order valence-corrected chi connectivity index (χ3v) is 9.89. The molecule has 0 aliphatic heterocycles. The normalized spacial score (nSPS) is 12.2. The summed E-state index contributed by atoms with van der Waals surface area (Å²) in [6, 6.07) is 53.4. The Hall–Kier alpha value is -6.59. The lowest BCUT2D eigenvalue weighted by molar-refractivity contribution is 1.02. The van der Waals surface area contributed by atoms with Gasteiger partial charge in [0, 0.05) is 43.3 Å². The summed E-state index contributed by atoms with van der Waals surface area (Å²) < 4.78 is 4.57. The van der Waals surface area contributed by atoms with Gasteiger partial charge in [-0.2, -0.15) is 0 Å². The van der Waals surface area contributed by atoms with Gasteiger partial charge in [-0.25, -0.2) is 15.0 Å². The Balaban J connectivity index is 1.30. The van der Waals surface area contributed by atoms with E-state index in [2.05, 4.69) is 148 Å². The van der Waals surface area contributed by atoms with Crippen molar-refractivity contribution in [2.75, 3.05) is 0 Å². The van der Waals surface area contributed by atoms with E-state index in [1.54, 1.807) is 0 Å². The van der Waals surface area contributed by atoms with Crippen molar-refractivity contribution >= 4 is 81.8 Å². The van der Waals surface area contributed by atoms with Crippen LogP contribution in [0.3, 0.4) is 0 Å². The summed E-state index contributed by atoms with van der Waals surface area (Å²) in [5, 5.41) is 9.16. The van der Waals surface area contributed by atoms with Crippen LogP contribution < -0.4 is 0 Å². The first-order valence-electron chi connectivity index (χ1n) is 16.2. The van der Waals surface area contributed by atoms with Gasteiger partial charge in [0.05, 0.1) is 38.8 Å². The van der Waals surface area contributed by atoms with Crippen LogP contribution in [0.15, 0.2) is 152 Å². The molecule has 4 aromatic heterocycles. The molecule has 0 bridgehead atoms. The Morgan fingerprint density at radius 1 is 0.375 bits per heavy atom. The van der Waals surface area contributed by atoms with Crippen molar-refractivity contribution < 1.29 is 0 Å². The fraction of sp³-hybridized carbons (Fsp3) is 0. The zero-order chi connectivity index (χ0) is 31.3. The van der Waals surface area contributed by atoms with Crippen LogP contribution in [0.1, 0.15) is 0 Å². The zero-order valence-electron chi connectivity index (χ0n) is 25.7. The second kappa shape index (κ2) is 9.47. The Bertz CT molecular complexity index is 3120. The summed E-state index contributed by atoms with van der Waals surface area (Å²) in [6.45, 7) is 0. The van der Waals surface area contributed by atoms with Gasteiger partial charge in [-0.1, -0.05) is 127 Å². The lowest BCUT2D eigenvalue weighted by Crippen LogP contribution is -2.03. The molecule has 11 rings (SSSR count). The van der Waals surface area contributed by atoms with Gasteiger partial charge >= 0.3 is 0 Å². The first-order valence-corrected chi connectivity index (χ1v) is 16.2.